The Morgan fingerprint density at radius 3 is 2.74 bits per heavy atom. The van der Waals surface area contributed by atoms with Crippen molar-refractivity contribution in [1.82, 2.24) is 10.3 Å². The summed E-state index contributed by atoms with van der Waals surface area (Å²) in [7, 11) is 0. The second-order valence-electron chi connectivity index (χ2n) is 6.18. The van der Waals surface area contributed by atoms with Crippen molar-refractivity contribution in [3.05, 3.63) is 29.6 Å². The van der Waals surface area contributed by atoms with Crippen molar-refractivity contribution in [1.29, 1.82) is 0 Å². The van der Waals surface area contributed by atoms with Crippen molar-refractivity contribution >= 4 is 5.91 Å². The maximum absolute atomic E-state index is 12.1. The van der Waals surface area contributed by atoms with Gasteiger partial charge in [0.15, 0.2) is 0 Å². The van der Waals surface area contributed by atoms with E-state index < -0.39 is 0 Å². The molecule has 0 saturated carbocycles. The van der Waals surface area contributed by atoms with Crippen LogP contribution in [0.15, 0.2) is 18.3 Å². The molecule has 0 saturated heterocycles. The number of hydrogen-bond donors (Lipinski definition) is 2. The minimum atomic E-state index is -0.0612. The fourth-order valence-corrected chi connectivity index (χ4v) is 2.33. The zero-order valence-corrected chi connectivity index (χ0v) is 12.4. The molecule has 1 heterocycles. The molecule has 0 aliphatic heterocycles. The van der Waals surface area contributed by atoms with E-state index in [0.717, 1.165) is 12.1 Å². The van der Waals surface area contributed by atoms with E-state index in [2.05, 4.69) is 38.0 Å². The Morgan fingerprint density at radius 1 is 1.47 bits per heavy atom. The molecule has 3 N–H and O–H groups in total. The summed E-state index contributed by atoms with van der Waals surface area (Å²) in [4.78, 5) is 16.1. The fourth-order valence-electron chi connectivity index (χ4n) is 2.33. The smallest absolute Gasteiger partial charge is 0.251 e. The van der Waals surface area contributed by atoms with E-state index in [-0.39, 0.29) is 11.3 Å². The van der Waals surface area contributed by atoms with E-state index in [0.29, 0.717) is 24.6 Å². The number of hydrogen-bond acceptors (Lipinski definition) is 3. The van der Waals surface area contributed by atoms with Gasteiger partial charge in [0.25, 0.3) is 5.91 Å². The van der Waals surface area contributed by atoms with Crippen LogP contribution in [0, 0.1) is 11.3 Å². The predicted molar refractivity (Wildman–Crippen MR) is 77.7 cm³/mol. The monoisotopic (exact) mass is 263 g/mol. The minimum absolute atomic E-state index is 0.0612. The Hall–Kier alpha value is -1.42. The normalized spacial score (nSPS) is 11.7. The Kier molecular flexibility index (Phi) is 5.48. The molecule has 0 fully saturated rings. The van der Waals surface area contributed by atoms with Gasteiger partial charge in [0.2, 0.25) is 0 Å². The maximum atomic E-state index is 12.1. The first-order valence-electron chi connectivity index (χ1n) is 6.77. The van der Waals surface area contributed by atoms with Crippen molar-refractivity contribution < 1.29 is 4.79 Å². The van der Waals surface area contributed by atoms with Crippen LogP contribution >= 0.6 is 0 Å². The van der Waals surface area contributed by atoms with Gasteiger partial charge in [-0.1, -0.05) is 27.7 Å². The number of pyridine rings is 1. The van der Waals surface area contributed by atoms with Gasteiger partial charge in [0.05, 0.1) is 5.69 Å². The molecule has 1 amide bonds. The van der Waals surface area contributed by atoms with Gasteiger partial charge in [-0.2, -0.15) is 0 Å². The van der Waals surface area contributed by atoms with Crippen molar-refractivity contribution in [2.75, 3.05) is 6.54 Å². The van der Waals surface area contributed by atoms with Crippen molar-refractivity contribution in [3.8, 4) is 0 Å². The number of rotatable bonds is 6. The molecule has 4 heteroatoms. The minimum Gasteiger partial charge on any atom is -0.352 e. The first-order valence-corrected chi connectivity index (χ1v) is 6.77. The summed E-state index contributed by atoms with van der Waals surface area (Å²) in [6.45, 7) is 9.75. The van der Waals surface area contributed by atoms with E-state index in [4.69, 9.17) is 5.73 Å². The average molecular weight is 263 g/mol. The highest BCUT2D eigenvalue weighted by atomic mass is 16.1. The standard InChI is InChI=1S/C15H25N3O/c1-11(2)8-15(3,4)10-18-14(19)12-5-6-17-13(7-12)9-16/h5-7,11H,8-10,16H2,1-4H3,(H,18,19). The molecule has 0 spiro atoms. The van der Waals surface area contributed by atoms with E-state index in [1.165, 1.54) is 0 Å². The number of nitrogens with zero attached hydrogens (tertiary/aromatic N) is 1. The van der Waals surface area contributed by atoms with Gasteiger partial charge in [0.1, 0.15) is 0 Å². The molecule has 4 nitrogen and oxygen atoms in total. The molecule has 1 rings (SSSR count). The molecular formula is C15H25N3O. The Balaban J connectivity index is 2.60. The quantitative estimate of drug-likeness (QED) is 0.827. The third-order valence-electron chi connectivity index (χ3n) is 2.98. The molecule has 1 aromatic heterocycles. The van der Waals surface area contributed by atoms with Crippen molar-refractivity contribution in [3.63, 3.8) is 0 Å². The Bertz CT molecular complexity index is 427. The summed E-state index contributed by atoms with van der Waals surface area (Å²) in [6, 6.07) is 3.45. The molecule has 0 radical (unpaired) electrons. The van der Waals surface area contributed by atoms with Crippen LogP contribution in [-0.4, -0.2) is 17.4 Å². The van der Waals surface area contributed by atoms with Gasteiger partial charge in [-0.3, -0.25) is 9.78 Å². The average Bonchev–Trinajstić information content (AvgIpc) is 2.34. The summed E-state index contributed by atoms with van der Waals surface area (Å²) in [6.07, 6.45) is 2.70. The summed E-state index contributed by atoms with van der Waals surface area (Å²) < 4.78 is 0. The van der Waals surface area contributed by atoms with Crippen molar-refractivity contribution in [2.24, 2.45) is 17.1 Å². The van der Waals surface area contributed by atoms with E-state index in [9.17, 15) is 4.79 Å². The molecule has 0 aliphatic rings. The summed E-state index contributed by atoms with van der Waals surface area (Å²) in [5, 5.41) is 2.99. The third-order valence-corrected chi connectivity index (χ3v) is 2.98. The molecular weight excluding hydrogens is 238 g/mol. The maximum Gasteiger partial charge on any atom is 0.251 e. The number of amides is 1. The molecule has 0 atom stereocenters. The van der Waals surface area contributed by atoms with E-state index >= 15 is 0 Å². The van der Waals surface area contributed by atoms with Crippen LogP contribution in [0.3, 0.4) is 0 Å². The Morgan fingerprint density at radius 2 is 2.16 bits per heavy atom. The highest BCUT2D eigenvalue weighted by molar-refractivity contribution is 5.94. The third kappa shape index (κ3) is 5.39. The van der Waals surface area contributed by atoms with Gasteiger partial charge in [-0.05, 0) is 29.9 Å². The second kappa shape index (κ2) is 6.66. The van der Waals surface area contributed by atoms with Crippen LogP contribution in [0.25, 0.3) is 0 Å². The van der Waals surface area contributed by atoms with E-state index in [1.54, 1.807) is 18.3 Å². The topological polar surface area (TPSA) is 68.0 Å². The number of nitrogens with two attached hydrogens (primary N) is 1. The predicted octanol–water partition coefficient (Wildman–Crippen LogP) is 2.34. The van der Waals surface area contributed by atoms with Crippen LogP contribution in [0.4, 0.5) is 0 Å². The lowest BCUT2D eigenvalue weighted by Crippen LogP contribution is -2.34. The highest BCUT2D eigenvalue weighted by Gasteiger charge is 2.20. The van der Waals surface area contributed by atoms with Gasteiger partial charge in [-0.25, -0.2) is 0 Å². The van der Waals surface area contributed by atoms with Crippen LogP contribution in [0.5, 0.6) is 0 Å². The molecule has 0 bridgehead atoms. The number of aromatic nitrogens is 1. The fraction of sp³-hybridized carbons (Fsp3) is 0.600. The number of carbonyl (C=O) groups excluding carboxylic acids is 1. The first kappa shape index (κ1) is 15.6. The molecule has 19 heavy (non-hydrogen) atoms. The lowest BCUT2D eigenvalue weighted by Gasteiger charge is -2.27. The van der Waals surface area contributed by atoms with Crippen LogP contribution in [-0.2, 0) is 6.54 Å². The lowest BCUT2D eigenvalue weighted by atomic mass is 9.84. The van der Waals surface area contributed by atoms with Crippen LogP contribution < -0.4 is 11.1 Å². The molecule has 0 aromatic carbocycles. The number of carbonyl (C=O) groups is 1. The van der Waals surface area contributed by atoms with Crippen LogP contribution in [0.2, 0.25) is 0 Å². The highest BCUT2D eigenvalue weighted by Crippen LogP contribution is 2.24. The SMILES string of the molecule is CC(C)CC(C)(C)CNC(=O)c1ccnc(CN)c1. The molecule has 0 unspecified atom stereocenters. The first-order chi connectivity index (χ1) is 8.84. The van der Waals surface area contributed by atoms with Crippen LogP contribution in [0.1, 0.15) is 50.2 Å². The molecule has 106 valence electrons. The van der Waals surface area contributed by atoms with E-state index in [1.807, 2.05) is 0 Å². The van der Waals surface area contributed by atoms with Crippen molar-refractivity contribution in [2.45, 2.75) is 40.7 Å². The Labute approximate surface area is 115 Å². The van der Waals surface area contributed by atoms with Gasteiger partial charge in [-0.15, -0.1) is 0 Å². The molecule has 0 aliphatic carbocycles. The zero-order chi connectivity index (χ0) is 14.5. The largest absolute Gasteiger partial charge is 0.352 e. The lowest BCUT2D eigenvalue weighted by molar-refractivity contribution is 0.0931. The molecule has 1 aromatic rings. The van der Waals surface area contributed by atoms with Gasteiger partial charge < -0.3 is 11.1 Å². The zero-order valence-electron chi connectivity index (χ0n) is 12.4. The summed E-state index contributed by atoms with van der Waals surface area (Å²) >= 11 is 0. The van der Waals surface area contributed by atoms with Gasteiger partial charge in [0, 0.05) is 24.8 Å². The second-order valence-corrected chi connectivity index (χ2v) is 6.18. The van der Waals surface area contributed by atoms with Gasteiger partial charge >= 0.3 is 0 Å². The summed E-state index contributed by atoms with van der Waals surface area (Å²) in [5.41, 5.74) is 6.98. The number of nitrogens with one attached hydrogen (secondary N) is 1. The summed E-state index contributed by atoms with van der Waals surface area (Å²) in [5.74, 6) is 0.561.